The lowest BCUT2D eigenvalue weighted by atomic mass is 10.0. The molecule has 25 heavy (non-hydrogen) atoms. The molecule has 3 aromatic rings. The summed E-state index contributed by atoms with van der Waals surface area (Å²) in [5.41, 5.74) is 0.431. The van der Waals surface area contributed by atoms with E-state index in [4.69, 9.17) is 25.3 Å². The molecule has 1 aliphatic carbocycles. The van der Waals surface area contributed by atoms with Gasteiger partial charge in [-0.3, -0.25) is 4.79 Å². The summed E-state index contributed by atoms with van der Waals surface area (Å²) in [6, 6.07) is 10.4. The Balaban J connectivity index is 1.59. The minimum absolute atomic E-state index is 0.160. The van der Waals surface area contributed by atoms with E-state index in [1.165, 1.54) is 0 Å². The Labute approximate surface area is 148 Å². The molecule has 1 fully saturated rings. The van der Waals surface area contributed by atoms with Crippen molar-refractivity contribution in [2.24, 2.45) is 0 Å². The van der Waals surface area contributed by atoms with Gasteiger partial charge in [-0.25, -0.2) is 0 Å². The van der Waals surface area contributed by atoms with Gasteiger partial charge in [0.25, 0.3) is 0 Å². The molecule has 128 valence electrons. The van der Waals surface area contributed by atoms with E-state index in [2.05, 4.69) is 10.5 Å². The normalized spacial score (nSPS) is 15.0. The predicted molar refractivity (Wildman–Crippen MR) is 91.8 cm³/mol. The third kappa shape index (κ3) is 2.78. The Kier molecular flexibility index (Phi) is 3.77. The molecule has 6 nitrogen and oxygen atoms in total. The van der Waals surface area contributed by atoms with Crippen molar-refractivity contribution < 1.29 is 18.5 Å². The monoisotopic (exact) mass is 358 g/mol. The zero-order valence-corrected chi connectivity index (χ0v) is 14.2. The summed E-state index contributed by atoms with van der Waals surface area (Å²) in [5.74, 6) is 1.46. The molecule has 2 aromatic heterocycles. The molecule has 1 N–H and O–H groups in total. The topological polar surface area (TPSA) is 77.5 Å². The van der Waals surface area contributed by atoms with Crippen LogP contribution in [0.15, 0.2) is 51.6 Å². The minimum atomic E-state index is -0.693. The van der Waals surface area contributed by atoms with Gasteiger partial charge < -0.3 is 19.0 Å². The standard InChI is InChI=1S/C18H15ClN2O4/c1-23-13-5-4-11(19)9-12(13)20-17(22)18(6-7-18)16-10-15(25-21-16)14-3-2-8-24-14/h2-5,8-10H,6-7H2,1H3,(H,20,22). The maximum absolute atomic E-state index is 12.9. The number of methoxy groups -OCH3 is 1. The van der Waals surface area contributed by atoms with Gasteiger partial charge >= 0.3 is 0 Å². The number of halogens is 1. The van der Waals surface area contributed by atoms with Gasteiger partial charge in [-0.15, -0.1) is 0 Å². The lowest BCUT2D eigenvalue weighted by molar-refractivity contribution is -0.118. The number of rotatable bonds is 5. The van der Waals surface area contributed by atoms with E-state index >= 15 is 0 Å². The number of hydrogen-bond acceptors (Lipinski definition) is 5. The Hall–Kier alpha value is -2.73. The molecule has 0 unspecified atom stereocenters. The van der Waals surface area contributed by atoms with Gasteiger partial charge in [-0.2, -0.15) is 0 Å². The zero-order chi connectivity index (χ0) is 17.4. The molecule has 0 bridgehead atoms. The first-order valence-corrected chi connectivity index (χ1v) is 8.16. The molecule has 0 atom stereocenters. The number of nitrogens with zero attached hydrogens (tertiary/aromatic N) is 1. The smallest absolute Gasteiger partial charge is 0.236 e. The molecular weight excluding hydrogens is 344 g/mol. The summed E-state index contributed by atoms with van der Waals surface area (Å²) < 4.78 is 15.9. The van der Waals surface area contributed by atoms with Gasteiger partial charge in [0.2, 0.25) is 11.7 Å². The highest BCUT2D eigenvalue weighted by Crippen LogP contribution is 2.49. The second kappa shape index (κ2) is 5.97. The van der Waals surface area contributed by atoms with E-state index in [0.29, 0.717) is 46.5 Å². The van der Waals surface area contributed by atoms with Crippen LogP contribution in [0.2, 0.25) is 5.02 Å². The molecule has 0 radical (unpaired) electrons. The number of furan rings is 1. The van der Waals surface area contributed by atoms with E-state index in [1.54, 1.807) is 49.8 Å². The minimum Gasteiger partial charge on any atom is -0.495 e. The second-order valence-electron chi connectivity index (χ2n) is 5.93. The van der Waals surface area contributed by atoms with E-state index in [9.17, 15) is 4.79 Å². The first kappa shape index (κ1) is 15.8. The molecular formula is C18H15ClN2O4. The van der Waals surface area contributed by atoms with Crippen LogP contribution in [0.3, 0.4) is 0 Å². The summed E-state index contributed by atoms with van der Waals surface area (Å²) in [4.78, 5) is 12.9. The van der Waals surface area contributed by atoms with Crippen LogP contribution in [-0.2, 0) is 10.2 Å². The van der Waals surface area contributed by atoms with Crippen LogP contribution in [0.25, 0.3) is 11.5 Å². The quantitative estimate of drug-likeness (QED) is 0.737. The van der Waals surface area contributed by atoms with Crippen LogP contribution in [0.5, 0.6) is 5.75 Å². The van der Waals surface area contributed by atoms with E-state index in [0.717, 1.165) is 0 Å². The number of aromatic nitrogens is 1. The summed E-state index contributed by atoms with van der Waals surface area (Å²) >= 11 is 6.02. The highest BCUT2D eigenvalue weighted by Gasteiger charge is 2.54. The maximum atomic E-state index is 12.9. The number of anilines is 1. The largest absolute Gasteiger partial charge is 0.495 e. The zero-order valence-electron chi connectivity index (χ0n) is 13.4. The van der Waals surface area contributed by atoms with E-state index in [1.807, 2.05) is 0 Å². The molecule has 7 heteroatoms. The highest BCUT2D eigenvalue weighted by molar-refractivity contribution is 6.31. The number of carbonyl (C=O) groups excluding carboxylic acids is 1. The second-order valence-corrected chi connectivity index (χ2v) is 6.37. The van der Waals surface area contributed by atoms with Crippen LogP contribution < -0.4 is 10.1 Å². The van der Waals surface area contributed by atoms with Gasteiger partial charge in [0.05, 0.1) is 30.2 Å². The van der Waals surface area contributed by atoms with Crippen LogP contribution in [0, 0.1) is 0 Å². The van der Waals surface area contributed by atoms with E-state index < -0.39 is 5.41 Å². The van der Waals surface area contributed by atoms with Crippen LogP contribution in [-0.4, -0.2) is 18.2 Å². The first-order chi connectivity index (χ1) is 12.1. The summed E-state index contributed by atoms with van der Waals surface area (Å²) in [6.45, 7) is 0. The van der Waals surface area contributed by atoms with Crippen LogP contribution >= 0.6 is 11.6 Å². The number of hydrogen-bond donors (Lipinski definition) is 1. The molecule has 4 rings (SSSR count). The molecule has 0 spiro atoms. The highest BCUT2D eigenvalue weighted by atomic mass is 35.5. The van der Waals surface area contributed by atoms with Gasteiger partial charge in [0.15, 0.2) is 5.76 Å². The van der Waals surface area contributed by atoms with Crippen molar-refractivity contribution in [1.29, 1.82) is 0 Å². The summed E-state index contributed by atoms with van der Waals surface area (Å²) in [5, 5.41) is 7.49. The number of ether oxygens (including phenoxy) is 1. The average molecular weight is 359 g/mol. The Morgan fingerprint density at radius 2 is 2.12 bits per heavy atom. The third-order valence-corrected chi connectivity index (χ3v) is 4.59. The number of carbonyl (C=O) groups is 1. The van der Waals surface area contributed by atoms with Gasteiger partial charge in [-0.05, 0) is 43.2 Å². The lowest BCUT2D eigenvalue weighted by Gasteiger charge is -2.15. The predicted octanol–water partition coefficient (Wildman–Crippen LogP) is 4.27. The van der Waals surface area contributed by atoms with Crippen molar-refractivity contribution in [2.75, 3.05) is 12.4 Å². The molecule has 1 aliphatic rings. The Bertz CT molecular complexity index is 913. The van der Waals surface area contributed by atoms with Crippen molar-refractivity contribution in [3.8, 4) is 17.3 Å². The van der Waals surface area contributed by atoms with Crippen molar-refractivity contribution in [3.05, 3.63) is 53.4 Å². The summed E-state index contributed by atoms with van der Waals surface area (Å²) in [6.07, 6.45) is 2.96. The molecule has 0 saturated heterocycles. The van der Waals surface area contributed by atoms with Gasteiger partial charge in [-0.1, -0.05) is 16.8 Å². The Morgan fingerprint density at radius 1 is 1.28 bits per heavy atom. The van der Waals surface area contributed by atoms with Crippen molar-refractivity contribution >= 4 is 23.2 Å². The molecule has 0 aliphatic heterocycles. The third-order valence-electron chi connectivity index (χ3n) is 4.36. The fourth-order valence-electron chi connectivity index (χ4n) is 2.78. The molecule has 1 amide bonds. The lowest BCUT2D eigenvalue weighted by Crippen LogP contribution is -2.28. The fourth-order valence-corrected chi connectivity index (χ4v) is 2.95. The first-order valence-electron chi connectivity index (χ1n) is 7.78. The average Bonchev–Trinajstić information content (AvgIpc) is 3.02. The molecule has 1 aromatic carbocycles. The molecule has 2 heterocycles. The summed E-state index contributed by atoms with van der Waals surface area (Å²) in [7, 11) is 1.54. The van der Waals surface area contributed by atoms with Crippen LogP contribution in [0.4, 0.5) is 5.69 Å². The van der Waals surface area contributed by atoms with Gasteiger partial charge in [0.1, 0.15) is 5.75 Å². The van der Waals surface area contributed by atoms with Crippen molar-refractivity contribution in [1.82, 2.24) is 5.16 Å². The van der Waals surface area contributed by atoms with Crippen molar-refractivity contribution in [2.45, 2.75) is 18.3 Å². The Morgan fingerprint density at radius 3 is 2.80 bits per heavy atom. The van der Waals surface area contributed by atoms with Crippen LogP contribution in [0.1, 0.15) is 18.5 Å². The maximum Gasteiger partial charge on any atom is 0.236 e. The molecule has 1 saturated carbocycles. The fraction of sp³-hybridized carbons (Fsp3) is 0.222. The van der Waals surface area contributed by atoms with Gasteiger partial charge in [0, 0.05) is 11.1 Å². The number of nitrogens with one attached hydrogen (secondary N) is 1. The number of benzene rings is 1. The number of amides is 1. The SMILES string of the molecule is COc1ccc(Cl)cc1NC(=O)C1(c2cc(-c3ccco3)on2)CC1. The van der Waals surface area contributed by atoms with Crippen molar-refractivity contribution in [3.63, 3.8) is 0 Å². The van der Waals surface area contributed by atoms with E-state index in [-0.39, 0.29) is 5.91 Å².